The Morgan fingerprint density at radius 3 is 3.12 bits per heavy atom. The smallest absolute Gasteiger partial charge is 0.303 e. The monoisotopic (exact) mass is 236 g/mol. The van der Waals surface area contributed by atoms with Crippen molar-refractivity contribution in [1.29, 1.82) is 0 Å². The summed E-state index contributed by atoms with van der Waals surface area (Å²) >= 11 is 1.93. The van der Waals surface area contributed by atoms with Crippen LogP contribution in [0.4, 0.5) is 0 Å². The van der Waals surface area contributed by atoms with E-state index in [0.717, 1.165) is 19.3 Å². The number of hydrogen-bond acceptors (Lipinski definition) is 2. The maximum atomic E-state index is 10.5. The molecule has 16 heavy (non-hydrogen) atoms. The van der Waals surface area contributed by atoms with Crippen molar-refractivity contribution in [3.8, 4) is 0 Å². The SMILES string of the molecule is CC1Cc2c(CCCC(=O)O)cccc2S1. The van der Waals surface area contributed by atoms with Crippen molar-refractivity contribution in [3.05, 3.63) is 29.3 Å². The van der Waals surface area contributed by atoms with Gasteiger partial charge in [0.25, 0.3) is 0 Å². The van der Waals surface area contributed by atoms with Gasteiger partial charge in [0.1, 0.15) is 0 Å². The van der Waals surface area contributed by atoms with Crippen molar-refractivity contribution >= 4 is 17.7 Å². The third kappa shape index (κ3) is 2.59. The third-order valence-electron chi connectivity index (χ3n) is 2.89. The molecule has 0 saturated heterocycles. The van der Waals surface area contributed by atoms with Gasteiger partial charge in [0.2, 0.25) is 0 Å². The van der Waals surface area contributed by atoms with Gasteiger partial charge in [-0.25, -0.2) is 0 Å². The van der Waals surface area contributed by atoms with E-state index in [1.54, 1.807) is 0 Å². The van der Waals surface area contributed by atoms with Gasteiger partial charge in [-0.3, -0.25) is 4.79 Å². The van der Waals surface area contributed by atoms with Crippen LogP contribution in [0.1, 0.15) is 30.9 Å². The lowest BCUT2D eigenvalue weighted by molar-refractivity contribution is -0.137. The van der Waals surface area contributed by atoms with Crippen molar-refractivity contribution in [2.45, 2.75) is 42.8 Å². The van der Waals surface area contributed by atoms with Gasteiger partial charge in [-0.1, -0.05) is 19.1 Å². The molecule has 86 valence electrons. The fourth-order valence-electron chi connectivity index (χ4n) is 2.16. The highest BCUT2D eigenvalue weighted by Gasteiger charge is 2.20. The summed E-state index contributed by atoms with van der Waals surface area (Å²) in [5.41, 5.74) is 2.79. The van der Waals surface area contributed by atoms with E-state index in [9.17, 15) is 4.79 Å². The highest BCUT2D eigenvalue weighted by Crippen LogP contribution is 2.38. The van der Waals surface area contributed by atoms with E-state index in [1.807, 2.05) is 11.8 Å². The molecular weight excluding hydrogens is 220 g/mol. The molecule has 1 heterocycles. The molecule has 1 aliphatic rings. The zero-order valence-corrected chi connectivity index (χ0v) is 10.2. The van der Waals surface area contributed by atoms with Gasteiger partial charge in [-0.05, 0) is 36.5 Å². The van der Waals surface area contributed by atoms with Crippen LogP contribution in [0, 0.1) is 0 Å². The quantitative estimate of drug-likeness (QED) is 0.872. The summed E-state index contributed by atoms with van der Waals surface area (Å²) in [6, 6.07) is 6.39. The lowest BCUT2D eigenvalue weighted by atomic mass is 9.99. The van der Waals surface area contributed by atoms with E-state index >= 15 is 0 Å². The van der Waals surface area contributed by atoms with Crippen molar-refractivity contribution in [2.75, 3.05) is 0 Å². The molecule has 1 aromatic carbocycles. The van der Waals surface area contributed by atoms with Crippen molar-refractivity contribution in [3.63, 3.8) is 0 Å². The number of benzene rings is 1. The summed E-state index contributed by atoms with van der Waals surface area (Å²) in [6.45, 7) is 2.24. The first kappa shape index (κ1) is 11.5. The van der Waals surface area contributed by atoms with Crippen molar-refractivity contribution in [1.82, 2.24) is 0 Å². The Hall–Kier alpha value is -0.960. The number of aryl methyl sites for hydroxylation is 1. The minimum atomic E-state index is -0.699. The summed E-state index contributed by atoms with van der Waals surface area (Å²) in [4.78, 5) is 11.9. The number of rotatable bonds is 4. The molecule has 0 fully saturated rings. The van der Waals surface area contributed by atoms with E-state index < -0.39 is 5.97 Å². The van der Waals surface area contributed by atoms with Crippen LogP contribution >= 0.6 is 11.8 Å². The van der Waals surface area contributed by atoms with Crippen LogP contribution in [0.25, 0.3) is 0 Å². The first-order valence-corrected chi connectivity index (χ1v) is 6.54. The number of fused-ring (bicyclic) bond motifs is 1. The fourth-order valence-corrected chi connectivity index (χ4v) is 3.36. The van der Waals surface area contributed by atoms with Gasteiger partial charge in [-0.2, -0.15) is 0 Å². The number of carbonyl (C=O) groups is 1. The van der Waals surface area contributed by atoms with Gasteiger partial charge >= 0.3 is 5.97 Å². The second-order valence-corrected chi connectivity index (χ2v) is 5.75. The minimum absolute atomic E-state index is 0.270. The van der Waals surface area contributed by atoms with Gasteiger partial charge in [0.15, 0.2) is 0 Å². The topological polar surface area (TPSA) is 37.3 Å². The van der Waals surface area contributed by atoms with E-state index in [-0.39, 0.29) is 6.42 Å². The molecule has 2 nitrogen and oxygen atoms in total. The minimum Gasteiger partial charge on any atom is -0.481 e. The highest BCUT2D eigenvalue weighted by molar-refractivity contribution is 8.00. The Labute approximate surface area is 100 Å². The largest absolute Gasteiger partial charge is 0.481 e. The Kier molecular flexibility index (Phi) is 3.54. The lowest BCUT2D eigenvalue weighted by Crippen LogP contribution is -1.99. The molecule has 0 aliphatic carbocycles. The Bertz CT molecular complexity index is 401. The molecule has 1 aromatic rings. The molecule has 0 spiro atoms. The average Bonchev–Trinajstić information content (AvgIpc) is 2.58. The van der Waals surface area contributed by atoms with E-state index in [2.05, 4.69) is 25.1 Å². The van der Waals surface area contributed by atoms with Crippen LogP contribution in [0.3, 0.4) is 0 Å². The van der Waals surface area contributed by atoms with Gasteiger partial charge in [0.05, 0.1) is 0 Å². The van der Waals surface area contributed by atoms with Crippen LogP contribution in [-0.4, -0.2) is 16.3 Å². The number of aliphatic carboxylic acids is 1. The van der Waals surface area contributed by atoms with E-state index in [1.165, 1.54) is 16.0 Å². The number of hydrogen-bond donors (Lipinski definition) is 1. The summed E-state index contributed by atoms with van der Waals surface area (Å²) in [5, 5.41) is 9.29. The molecule has 0 aromatic heterocycles. The maximum Gasteiger partial charge on any atom is 0.303 e. The molecule has 0 bridgehead atoms. The predicted octanol–water partition coefficient (Wildman–Crippen LogP) is 3.13. The summed E-state index contributed by atoms with van der Waals surface area (Å²) in [7, 11) is 0. The molecule has 1 unspecified atom stereocenters. The van der Waals surface area contributed by atoms with Crippen LogP contribution in [0.5, 0.6) is 0 Å². The summed E-state index contributed by atoms with van der Waals surface area (Å²) in [6.07, 6.45) is 3.03. The zero-order chi connectivity index (χ0) is 11.5. The maximum absolute atomic E-state index is 10.5. The molecule has 0 amide bonds. The molecule has 1 aliphatic heterocycles. The first-order chi connectivity index (χ1) is 7.66. The van der Waals surface area contributed by atoms with Crippen LogP contribution in [-0.2, 0) is 17.6 Å². The van der Waals surface area contributed by atoms with Gasteiger partial charge < -0.3 is 5.11 Å². The Morgan fingerprint density at radius 2 is 2.38 bits per heavy atom. The fraction of sp³-hybridized carbons (Fsp3) is 0.462. The standard InChI is InChI=1S/C13H16O2S/c1-9-8-11-10(5-3-7-13(14)15)4-2-6-12(11)16-9/h2,4,6,9H,3,5,7-8H2,1H3,(H,14,15). The van der Waals surface area contributed by atoms with E-state index in [4.69, 9.17) is 5.11 Å². The summed E-state index contributed by atoms with van der Waals surface area (Å²) in [5.74, 6) is -0.699. The average molecular weight is 236 g/mol. The molecule has 0 saturated carbocycles. The van der Waals surface area contributed by atoms with Crippen LogP contribution in [0.15, 0.2) is 23.1 Å². The predicted molar refractivity (Wildman–Crippen MR) is 66.0 cm³/mol. The second kappa shape index (κ2) is 4.91. The molecule has 3 heteroatoms. The van der Waals surface area contributed by atoms with Gasteiger partial charge in [-0.15, -0.1) is 11.8 Å². The third-order valence-corrected chi connectivity index (χ3v) is 4.09. The lowest BCUT2D eigenvalue weighted by Gasteiger charge is -2.06. The number of carboxylic acid groups (broad SMARTS) is 1. The first-order valence-electron chi connectivity index (χ1n) is 5.66. The van der Waals surface area contributed by atoms with Gasteiger partial charge in [0, 0.05) is 16.6 Å². The zero-order valence-electron chi connectivity index (χ0n) is 9.40. The van der Waals surface area contributed by atoms with E-state index in [0.29, 0.717) is 5.25 Å². The number of thioether (sulfide) groups is 1. The molecule has 0 radical (unpaired) electrons. The van der Waals surface area contributed by atoms with Crippen molar-refractivity contribution < 1.29 is 9.90 Å². The van der Waals surface area contributed by atoms with Crippen LogP contribution in [0.2, 0.25) is 0 Å². The molecule has 2 rings (SSSR count). The highest BCUT2D eigenvalue weighted by atomic mass is 32.2. The molecule has 1 N–H and O–H groups in total. The van der Waals surface area contributed by atoms with Crippen LogP contribution < -0.4 is 0 Å². The van der Waals surface area contributed by atoms with Crippen molar-refractivity contribution in [2.24, 2.45) is 0 Å². The molecule has 1 atom stereocenters. The Balaban J connectivity index is 2.05. The second-order valence-electron chi connectivity index (χ2n) is 4.27. The summed E-state index contributed by atoms with van der Waals surface area (Å²) < 4.78 is 0. The Morgan fingerprint density at radius 1 is 1.56 bits per heavy atom. The number of carboxylic acids is 1. The molecular formula is C13H16O2S. The normalized spacial score (nSPS) is 18.4.